The zero-order chi connectivity index (χ0) is 18.3. The first kappa shape index (κ1) is 19.7. The minimum Gasteiger partial charge on any atom is -0.350 e. The molecular formula is C18H27N3O3. The smallest absolute Gasteiger partial charge is 0.251 e. The zero-order valence-electron chi connectivity index (χ0n) is 15.1. The lowest BCUT2D eigenvalue weighted by atomic mass is 10.1. The molecule has 1 aromatic carbocycles. The molecule has 0 aliphatic rings. The van der Waals surface area contributed by atoms with Crippen molar-refractivity contribution in [2.75, 3.05) is 19.6 Å². The van der Waals surface area contributed by atoms with Gasteiger partial charge in [-0.15, -0.1) is 0 Å². The lowest BCUT2D eigenvalue weighted by molar-refractivity contribution is -0.135. The summed E-state index contributed by atoms with van der Waals surface area (Å²) in [6, 6.07) is 7.10. The lowest BCUT2D eigenvalue weighted by Crippen LogP contribution is -2.49. The molecule has 2 N–H and O–H groups in total. The highest BCUT2D eigenvalue weighted by molar-refractivity contribution is 5.96. The van der Waals surface area contributed by atoms with E-state index in [9.17, 15) is 14.4 Å². The van der Waals surface area contributed by atoms with Crippen LogP contribution in [-0.4, -0.2) is 47.8 Å². The number of aryl methyl sites for hydroxylation is 1. The van der Waals surface area contributed by atoms with Crippen LogP contribution in [0.15, 0.2) is 24.3 Å². The normalized spacial score (nSPS) is 10.9. The summed E-state index contributed by atoms with van der Waals surface area (Å²) in [6.45, 7) is 9.62. The van der Waals surface area contributed by atoms with E-state index in [4.69, 9.17) is 0 Å². The van der Waals surface area contributed by atoms with Gasteiger partial charge in [-0.25, -0.2) is 0 Å². The van der Waals surface area contributed by atoms with E-state index in [0.29, 0.717) is 12.1 Å². The molecule has 0 fully saturated rings. The van der Waals surface area contributed by atoms with Gasteiger partial charge in [-0.3, -0.25) is 14.4 Å². The maximum absolute atomic E-state index is 12.2. The molecule has 6 nitrogen and oxygen atoms in total. The van der Waals surface area contributed by atoms with E-state index >= 15 is 0 Å². The predicted octanol–water partition coefficient (Wildman–Crippen LogP) is 1.49. The average Bonchev–Trinajstić information content (AvgIpc) is 2.48. The van der Waals surface area contributed by atoms with Crippen LogP contribution < -0.4 is 10.6 Å². The number of benzene rings is 1. The molecule has 0 aliphatic heterocycles. The van der Waals surface area contributed by atoms with Crippen LogP contribution in [0.5, 0.6) is 0 Å². The van der Waals surface area contributed by atoms with E-state index in [2.05, 4.69) is 10.6 Å². The standard InChI is InChI=1S/C18H27N3O3/c1-6-21(12-15(22)20-18(3,4)5)16(23)11-19-17(24)14-9-7-13(2)8-10-14/h7-10H,6,11-12H2,1-5H3,(H,19,24)(H,20,22). The summed E-state index contributed by atoms with van der Waals surface area (Å²) in [7, 11) is 0. The summed E-state index contributed by atoms with van der Waals surface area (Å²) in [4.78, 5) is 37.6. The minimum absolute atomic E-state index is 0.0208. The Morgan fingerprint density at radius 2 is 1.67 bits per heavy atom. The third kappa shape index (κ3) is 6.81. The topological polar surface area (TPSA) is 78.5 Å². The maximum Gasteiger partial charge on any atom is 0.251 e. The molecule has 132 valence electrons. The van der Waals surface area contributed by atoms with Crippen LogP contribution in [0.1, 0.15) is 43.6 Å². The van der Waals surface area contributed by atoms with Gasteiger partial charge in [0.1, 0.15) is 0 Å². The number of rotatable bonds is 6. The van der Waals surface area contributed by atoms with Crippen molar-refractivity contribution in [3.63, 3.8) is 0 Å². The Hall–Kier alpha value is -2.37. The third-order valence-corrected chi connectivity index (χ3v) is 3.30. The number of nitrogens with zero attached hydrogens (tertiary/aromatic N) is 1. The van der Waals surface area contributed by atoms with Gasteiger partial charge in [0.25, 0.3) is 5.91 Å². The van der Waals surface area contributed by atoms with Gasteiger partial charge in [-0.2, -0.15) is 0 Å². The molecule has 3 amide bonds. The van der Waals surface area contributed by atoms with E-state index < -0.39 is 0 Å². The Kier molecular flexibility index (Phi) is 6.95. The van der Waals surface area contributed by atoms with Gasteiger partial charge >= 0.3 is 0 Å². The summed E-state index contributed by atoms with van der Waals surface area (Å²) in [6.07, 6.45) is 0. The summed E-state index contributed by atoms with van der Waals surface area (Å²) >= 11 is 0. The SMILES string of the molecule is CCN(CC(=O)NC(C)(C)C)C(=O)CNC(=O)c1ccc(C)cc1. The van der Waals surface area contributed by atoms with E-state index in [0.717, 1.165) is 5.56 Å². The zero-order valence-corrected chi connectivity index (χ0v) is 15.1. The minimum atomic E-state index is -0.348. The number of hydrogen-bond acceptors (Lipinski definition) is 3. The molecule has 0 saturated carbocycles. The Bertz CT molecular complexity index is 589. The highest BCUT2D eigenvalue weighted by Gasteiger charge is 2.19. The monoisotopic (exact) mass is 333 g/mol. The van der Waals surface area contributed by atoms with E-state index in [1.165, 1.54) is 4.90 Å². The largest absolute Gasteiger partial charge is 0.350 e. The lowest BCUT2D eigenvalue weighted by Gasteiger charge is -2.25. The highest BCUT2D eigenvalue weighted by Crippen LogP contribution is 2.03. The number of carbonyl (C=O) groups is 3. The third-order valence-electron chi connectivity index (χ3n) is 3.30. The van der Waals surface area contributed by atoms with Crippen LogP contribution >= 0.6 is 0 Å². The maximum atomic E-state index is 12.2. The number of carbonyl (C=O) groups excluding carboxylic acids is 3. The van der Waals surface area contributed by atoms with Crippen molar-refractivity contribution in [2.24, 2.45) is 0 Å². The summed E-state index contributed by atoms with van der Waals surface area (Å²) in [5, 5.41) is 5.41. The first-order valence-electron chi connectivity index (χ1n) is 8.06. The van der Waals surface area contributed by atoms with E-state index in [-0.39, 0.29) is 36.3 Å². The molecule has 0 spiro atoms. The van der Waals surface area contributed by atoms with Gasteiger partial charge in [0.15, 0.2) is 0 Å². The van der Waals surface area contributed by atoms with Crippen LogP contribution in [0.4, 0.5) is 0 Å². The van der Waals surface area contributed by atoms with Crippen LogP contribution in [0, 0.1) is 6.92 Å². The quantitative estimate of drug-likeness (QED) is 0.828. The Labute approximate surface area is 143 Å². The van der Waals surface area contributed by atoms with Crippen LogP contribution in [-0.2, 0) is 9.59 Å². The second-order valence-corrected chi connectivity index (χ2v) is 6.75. The van der Waals surface area contributed by atoms with Crippen molar-refractivity contribution < 1.29 is 14.4 Å². The second kappa shape index (κ2) is 8.47. The fraction of sp³-hybridized carbons (Fsp3) is 0.500. The van der Waals surface area contributed by atoms with Gasteiger partial charge < -0.3 is 15.5 Å². The number of nitrogens with one attached hydrogen (secondary N) is 2. The van der Waals surface area contributed by atoms with Crippen molar-refractivity contribution in [2.45, 2.75) is 40.2 Å². The molecule has 6 heteroatoms. The fourth-order valence-corrected chi connectivity index (χ4v) is 2.08. The summed E-state index contributed by atoms with van der Waals surface area (Å²) in [5.41, 5.74) is 1.21. The Balaban J connectivity index is 2.53. The number of hydrogen-bond donors (Lipinski definition) is 2. The molecule has 1 rings (SSSR count). The van der Waals surface area contributed by atoms with Crippen molar-refractivity contribution in [1.29, 1.82) is 0 Å². The van der Waals surface area contributed by atoms with E-state index in [1.807, 2.05) is 39.8 Å². The first-order chi connectivity index (χ1) is 11.1. The van der Waals surface area contributed by atoms with Crippen LogP contribution in [0.2, 0.25) is 0 Å². The molecular weight excluding hydrogens is 306 g/mol. The Morgan fingerprint density at radius 1 is 1.08 bits per heavy atom. The fourth-order valence-electron chi connectivity index (χ4n) is 2.08. The predicted molar refractivity (Wildman–Crippen MR) is 93.7 cm³/mol. The molecule has 0 saturated heterocycles. The van der Waals surface area contributed by atoms with Gasteiger partial charge in [-0.1, -0.05) is 17.7 Å². The second-order valence-electron chi connectivity index (χ2n) is 6.75. The van der Waals surface area contributed by atoms with Crippen molar-refractivity contribution in [3.05, 3.63) is 35.4 Å². The molecule has 0 unspecified atom stereocenters. The molecule has 0 heterocycles. The average molecular weight is 333 g/mol. The summed E-state index contributed by atoms with van der Waals surface area (Å²) in [5.74, 6) is -0.817. The van der Waals surface area contributed by atoms with Crippen LogP contribution in [0.3, 0.4) is 0 Å². The van der Waals surface area contributed by atoms with E-state index in [1.54, 1.807) is 19.1 Å². The summed E-state index contributed by atoms with van der Waals surface area (Å²) < 4.78 is 0. The molecule has 1 aromatic rings. The first-order valence-corrected chi connectivity index (χ1v) is 8.06. The van der Waals surface area contributed by atoms with Gasteiger partial charge in [0, 0.05) is 17.6 Å². The molecule has 0 radical (unpaired) electrons. The van der Waals surface area contributed by atoms with Gasteiger partial charge in [0.05, 0.1) is 13.1 Å². The Morgan fingerprint density at radius 3 is 2.17 bits per heavy atom. The van der Waals surface area contributed by atoms with Crippen molar-refractivity contribution in [3.8, 4) is 0 Å². The highest BCUT2D eigenvalue weighted by atomic mass is 16.2. The van der Waals surface area contributed by atoms with Gasteiger partial charge in [0.2, 0.25) is 11.8 Å². The molecule has 0 aromatic heterocycles. The molecule has 0 aliphatic carbocycles. The molecule has 0 bridgehead atoms. The number of likely N-dealkylation sites (N-methyl/N-ethyl adjacent to an activating group) is 1. The van der Waals surface area contributed by atoms with Crippen LogP contribution in [0.25, 0.3) is 0 Å². The van der Waals surface area contributed by atoms with Crippen molar-refractivity contribution >= 4 is 17.7 Å². The number of amides is 3. The van der Waals surface area contributed by atoms with Gasteiger partial charge in [-0.05, 0) is 46.8 Å². The van der Waals surface area contributed by atoms with Crippen molar-refractivity contribution in [1.82, 2.24) is 15.5 Å². The molecule has 0 atom stereocenters. The molecule has 24 heavy (non-hydrogen) atoms.